The zero-order chi connectivity index (χ0) is 22.1. The number of alkyl halides is 3. The van der Waals surface area contributed by atoms with Crippen molar-refractivity contribution in [1.82, 2.24) is 4.98 Å². The van der Waals surface area contributed by atoms with Gasteiger partial charge in [0.15, 0.2) is 6.61 Å². The second-order valence-corrected chi connectivity index (χ2v) is 6.53. The van der Waals surface area contributed by atoms with Crippen molar-refractivity contribution in [3.05, 3.63) is 47.7 Å². The van der Waals surface area contributed by atoms with Gasteiger partial charge in [0.1, 0.15) is 17.4 Å². The number of esters is 1. The predicted octanol–water partition coefficient (Wildman–Crippen LogP) is 3.64. The molecule has 0 unspecified atom stereocenters. The smallest absolute Gasteiger partial charge is 0.416 e. The van der Waals surface area contributed by atoms with E-state index in [-0.39, 0.29) is 30.2 Å². The number of aromatic nitrogens is 1. The van der Waals surface area contributed by atoms with Crippen molar-refractivity contribution < 1.29 is 37.0 Å². The van der Waals surface area contributed by atoms with Crippen LogP contribution in [0.5, 0.6) is 5.75 Å². The van der Waals surface area contributed by atoms with Crippen molar-refractivity contribution in [3.8, 4) is 5.75 Å². The number of benzene rings is 1. The zero-order valence-electron chi connectivity index (χ0n) is 16.1. The first-order chi connectivity index (χ1) is 14.3. The summed E-state index contributed by atoms with van der Waals surface area (Å²) in [5.74, 6) is -1.58. The number of hydrogen-bond donors (Lipinski definition) is 1. The monoisotopic (exact) mass is 444 g/mol. The lowest BCUT2D eigenvalue weighted by Crippen LogP contribution is -2.22. The number of ether oxygens (including phenoxy) is 3. The summed E-state index contributed by atoms with van der Waals surface area (Å²) in [6, 6.07) is 5.72. The van der Waals surface area contributed by atoms with Gasteiger partial charge in [0.2, 0.25) is 0 Å². The molecule has 0 saturated heterocycles. The van der Waals surface area contributed by atoms with Gasteiger partial charge in [-0.1, -0.05) is 0 Å². The minimum atomic E-state index is -4.61. The molecule has 2 aromatic rings. The Hall–Kier alpha value is -2.79. The molecule has 11 heteroatoms. The summed E-state index contributed by atoms with van der Waals surface area (Å²) in [6.07, 6.45) is -1.37. The van der Waals surface area contributed by atoms with Crippen molar-refractivity contribution in [2.75, 3.05) is 38.5 Å². The van der Waals surface area contributed by atoms with Crippen LogP contribution in [0.4, 0.5) is 18.9 Å². The minimum absolute atomic E-state index is 0.0247. The van der Waals surface area contributed by atoms with E-state index in [1.165, 1.54) is 31.1 Å². The lowest BCUT2D eigenvalue weighted by molar-refractivity contribution is -0.137. The molecule has 1 heterocycles. The van der Waals surface area contributed by atoms with Gasteiger partial charge in [-0.05, 0) is 36.6 Å². The standard InChI is InChI=1S/C19H19F3N2O5S/c1-27-8-9-28-15-6-5-12(19(20,21)22)10-14(15)24-16(25)11-29-18(26)13-4-3-7-23-17(13)30-2/h3-7,10H,8-9,11H2,1-2H3,(H,24,25). The summed E-state index contributed by atoms with van der Waals surface area (Å²) >= 11 is 1.23. The SMILES string of the molecule is COCCOc1ccc(C(F)(F)F)cc1NC(=O)COC(=O)c1cccnc1SC. The van der Waals surface area contributed by atoms with Crippen LogP contribution in [0.25, 0.3) is 0 Å². The van der Waals surface area contributed by atoms with Gasteiger partial charge in [0.05, 0.1) is 23.4 Å². The summed E-state index contributed by atoms with van der Waals surface area (Å²) in [6.45, 7) is -0.428. The number of nitrogens with one attached hydrogen (secondary N) is 1. The molecule has 0 aliphatic rings. The molecule has 0 saturated carbocycles. The Bertz CT molecular complexity index is 893. The summed E-state index contributed by atoms with van der Waals surface area (Å²) in [5, 5.41) is 2.71. The third kappa shape index (κ3) is 6.63. The molecule has 1 amide bonds. The number of carbonyl (C=O) groups excluding carboxylic acids is 2. The Morgan fingerprint density at radius 2 is 1.97 bits per heavy atom. The fourth-order valence-electron chi connectivity index (χ4n) is 2.27. The number of thioether (sulfide) groups is 1. The molecule has 0 aliphatic heterocycles. The highest BCUT2D eigenvalue weighted by atomic mass is 32.2. The molecule has 30 heavy (non-hydrogen) atoms. The molecule has 0 fully saturated rings. The highest BCUT2D eigenvalue weighted by Crippen LogP contribution is 2.35. The van der Waals surface area contributed by atoms with Gasteiger partial charge in [-0.2, -0.15) is 13.2 Å². The molecule has 0 aliphatic carbocycles. The Labute approximate surface area is 174 Å². The van der Waals surface area contributed by atoms with Crippen LogP contribution >= 0.6 is 11.8 Å². The van der Waals surface area contributed by atoms with Gasteiger partial charge in [-0.25, -0.2) is 9.78 Å². The van der Waals surface area contributed by atoms with E-state index in [0.29, 0.717) is 5.03 Å². The first-order valence-corrected chi connectivity index (χ1v) is 9.77. The average molecular weight is 444 g/mol. The quantitative estimate of drug-likeness (QED) is 0.359. The molecule has 162 valence electrons. The van der Waals surface area contributed by atoms with Crippen molar-refractivity contribution in [2.45, 2.75) is 11.2 Å². The summed E-state index contributed by atoms with van der Waals surface area (Å²) in [7, 11) is 1.44. The van der Waals surface area contributed by atoms with E-state index >= 15 is 0 Å². The van der Waals surface area contributed by atoms with Crippen LogP contribution in [0.2, 0.25) is 0 Å². The van der Waals surface area contributed by atoms with Crippen molar-refractivity contribution in [3.63, 3.8) is 0 Å². The number of hydrogen-bond acceptors (Lipinski definition) is 7. The number of methoxy groups -OCH3 is 1. The first-order valence-electron chi connectivity index (χ1n) is 8.55. The number of carbonyl (C=O) groups is 2. The third-order valence-electron chi connectivity index (χ3n) is 3.64. The Morgan fingerprint density at radius 3 is 2.63 bits per heavy atom. The van der Waals surface area contributed by atoms with E-state index in [4.69, 9.17) is 14.2 Å². The zero-order valence-corrected chi connectivity index (χ0v) is 16.9. The van der Waals surface area contributed by atoms with Crippen LogP contribution in [0.15, 0.2) is 41.6 Å². The van der Waals surface area contributed by atoms with Gasteiger partial charge in [-0.3, -0.25) is 4.79 Å². The molecule has 1 aromatic carbocycles. The normalized spacial score (nSPS) is 11.1. The van der Waals surface area contributed by atoms with E-state index < -0.39 is 30.2 Å². The van der Waals surface area contributed by atoms with Gasteiger partial charge in [0.25, 0.3) is 5.91 Å². The van der Waals surface area contributed by atoms with Gasteiger partial charge < -0.3 is 19.5 Å². The molecule has 7 nitrogen and oxygen atoms in total. The third-order valence-corrected chi connectivity index (χ3v) is 4.36. The molecular formula is C19H19F3N2O5S. The van der Waals surface area contributed by atoms with Crippen LogP contribution in [-0.4, -0.2) is 50.0 Å². The molecule has 2 rings (SSSR count). The number of amides is 1. The maximum absolute atomic E-state index is 13.0. The van der Waals surface area contributed by atoms with Crippen LogP contribution in [0.1, 0.15) is 15.9 Å². The highest BCUT2D eigenvalue weighted by molar-refractivity contribution is 7.98. The van der Waals surface area contributed by atoms with Crippen molar-refractivity contribution in [1.29, 1.82) is 0 Å². The Kier molecular flexibility index (Phi) is 8.48. The fraction of sp³-hybridized carbons (Fsp3) is 0.316. The maximum atomic E-state index is 13.0. The Morgan fingerprint density at radius 1 is 1.20 bits per heavy atom. The number of pyridine rings is 1. The van der Waals surface area contributed by atoms with Gasteiger partial charge in [0, 0.05) is 13.3 Å². The lowest BCUT2D eigenvalue weighted by atomic mass is 10.1. The molecule has 1 aromatic heterocycles. The highest BCUT2D eigenvalue weighted by Gasteiger charge is 2.31. The molecule has 0 bridgehead atoms. The van der Waals surface area contributed by atoms with Crippen LogP contribution in [-0.2, 0) is 20.4 Å². The number of nitrogens with zero attached hydrogens (tertiary/aromatic N) is 1. The van der Waals surface area contributed by atoms with E-state index in [9.17, 15) is 22.8 Å². The summed E-state index contributed by atoms with van der Waals surface area (Å²) < 4.78 is 54.1. The van der Waals surface area contributed by atoms with Crippen molar-refractivity contribution in [2.24, 2.45) is 0 Å². The summed E-state index contributed by atoms with van der Waals surface area (Å²) in [5.41, 5.74) is -0.984. The van der Waals surface area contributed by atoms with E-state index in [1.807, 2.05) is 0 Å². The topological polar surface area (TPSA) is 86.8 Å². The van der Waals surface area contributed by atoms with Crippen LogP contribution in [0.3, 0.4) is 0 Å². The lowest BCUT2D eigenvalue weighted by Gasteiger charge is -2.15. The predicted molar refractivity (Wildman–Crippen MR) is 104 cm³/mol. The molecule has 0 atom stereocenters. The second kappa shape index (κ2) is 10.8. The van der Waals surface area contributed by atoms with E-state index in [2.05, 4.69) is 10.3 Å². The van der Waals surface area contributed by atoms with Crippen molar-refractivity contribution >= 4 is 29.3 Å². The molecular weight excluding hydrogens is 425 g/mol. The molecule has 0 radical (unpaired) electrons. The average Bonchev–Trinajstić information content (AvgIpc) is 2.72. The minimum Gasteiger partial charge on any atom is -0.489 e. The number of halogens is 3. The van der Waals surface area contributed by atoms with Gasteiger partial charge >= 0.3 is 12.1 Å². The fourth-order valence-corrected chi connectivity index (χ4v) is 2.81. The van der Waals surface area contributed by atoms with E-state index in [0.717, 1.165) is 18.2 Å². The Balaban J connectivity index is 2.09. The van der Waals surface area contributed by atoms with E-state index in [1.54, 1.807) is 12.3 Å². The summed E-state index contributed by atoms with van der Waals surface area (Å²) in [4.78, 5) is 28.4. The van der Waals surface area contributed by atoms with Crippen LogP contribution in [0, 0.1) is 0 Å². The van der Waals surface area contributed by atoms with Gasteiger partial charge in [-0.15, -0.1) is 11.8 Å². The maximum Gasteiger partial charge on any atom is 0.416 e. The largest absolute Gasteiger partial charge is 0.489 e. The molecule has 1 N–H and O–H groups in total. The first kappa shape index (κ1) is 23.5. The molecule has 0 spiro atoms. The number of rotatable bonds is 9. The number of anilines is 1. The second-order valence-electron chi connectivity index (χ2n) is 5.73. The van der Waals surface area contributed by atoms with Crippen LogP contribution < -0.4 is 10.1 Å².